The van der Waals surface area contributed by atoms with Crippen LogP contribution < -0.4 is 5.32 Å². The third kappa shape index (κ3) is 3.77. The number of benzene rings is 1. The van der Waals surface area contributed by atoms with Gasteiger partial charge in [-0.3, -0.25) is 9.59 Å². The van der Waals surface area contributed by atoms with Crippen LogP contribution in [0.25, 0.3) is 0 Å². The van der Waals surface area contributed by atoms with Gasteiger partial charge in [0.1, 0.15) is 0 Å². The van der Waals surface area contributed by atoms with Crippen LogP contribution >= 0.6 is 0 Å². The third-order valence-electron chi connectivity index (χ3n) is 3.93. The summed E-state index contributed by atoms with van der Waals surface area (Å²) in [5, 5.41) is 11.8. The van der Waals surface area contributed by atoms with E-state index >= 15 is 0 Å². The van der Waals surface area contributed by atoms with E-state index in [2.05, 4.69) is 5.32 Å². The number of hydrogen-bond acceptors (Lipinski definition) is 2. The van der Waals surface area contributed by atoms with Gasteiger partial charge in [0.05, 0.1) is 5.92 Å². The maximum atomic E-state index is 13.1. The number of nitrogens with one attached hydrogen (secondary N) is 1. The van der Waals surface area contributed by atoms with Gasteiger partial charge < -0.3 is 10.4 Å². The lowest BCUT2D eigenvalue weighted by molar-refractivity contribution is -0.144. The molecule has 0 radical (unpaired) electrons. The highest BCUT2D eigenvalue weighted by atomic mass is 19.2. The Labute approximate surface area is 121 Å². The Morgan fingerprint density at radius 2 is 1.90 bits per heavy atom. The minimum Gasteiger partial charge on any atom is -0.481 e. The molecule has 1 aliphatic carbocycles. The minimum atomic E-state index is -1.08. The first kappa shape index (κ1) is 15.4. The van der Waals surface area contributed by atoms with Gasteiger partial charge in [0.2, 0.25) is 0 Å². The Morgan fingerprint density at radius 3 is 2.57 bits per heavy atom. The first-order valence-corrected chi connectivity index (χ1v) is 6.95. The van der Waals surface area contributed by atoms with Crippen molar-refractivity contribution in [1.82, 2.24) is 5.32 Å². The number of carbonyl (C=O) groups excluding carboxylic acids is 1. The molecule has 0 aromatic heterocycles. The quantitative estimate of drug-likeness (QED) is 0.897. The Kier molecular flexibility index (Phi) is 4.88. The molecule has 114 valence electrons. The molecule has 1 saturated carbocycles. The van der Waals surface area contributed by atoms with E-state index in [4.69, 9.17) is 5.11 Å². The van der Waals surface area contributed by atoms with Crippen LogP contribution in [0.3, 0.4) is 0 Å². The van der Waals surface area contributed by atoms with Crippen molar-refractivity contribution in [3.63, 3.8) is 0 Å². The molecule has 2 N–H and O–H groups in total. The van der Waals surface area contributed by atoms with E-state index in [0.717, 1.165) is 31.4 Å². The molecule has 1 fully saturated rings. The fourth-order valence-electron chi connectivity index (χ4n) is 2.74. The molecule has 21 heavy (non-hydrogen) atoms. The molecule has 1 aromatic carbocycles. The zero-order valence-corrected chi connectivity index (χ0v) is 11.4. The summed E-state index contributed by atoms with van der Waals surface area (Å²) >= 11 is 0. The molecule has 0 heterocycles. The molecule has 1 amide bonds. The van der Waals surface area contributed by atoms with E-state index in [1.54, 1.807) is 0 Å². The number of amides is 1. The SMILES string of the molecule is O=C(NC[C@@H]1CCCC[C@@H]1C(=O)O)c1ccc(F)c(F)c1. The molecular formula is C15H17F2NO3. The lowest BCUT2D eigenvalue weighted by atomic mass is 9.79. The minimum absolute atomic E-state index is 0.0246. The highest BCUT2D eigenvalue weighted by molar-refractivity contribution is 5.94. The van der Waals surface area contributed by atoms with Crippen molar-refractivity contribution in [3.05, 3.63) is 35.4 Å². The van der Waals surface area contributed by atoms with Crippen LogP contribution in [-0.4, -0.2) is 23.5 Å². The van der Waals surface area contributed by atoms with Crippen LogP contribution in [0.2, 0.25) is 0 Å². The van der Waals surface area contributed by atoms with E-state index in [0.29, 0.717) is 6.42 Å². The first-order valence-electron chi connectivity index (χ1n) is 6.95. The second-order valence-electron chi connectivity index (χ2n) is 5.33. The van der Waals surface area contributed by atoms with Crippen molar-refractivity contribution in [2.75, 3.05) is 6.54 Å². The van der Waals surface area contributed by atoms with E-state index in [1.165, 1.54) is 6.07 Å². The molecule has 6 heteroatoms. The second-order valence-corrected chi connectivity index (χ2v) is 5.33. The van der Waals surface area contributed by atoms with Crippen LogP contribution in [0.5, 0.6) is 0 Å². The van der Waals surface area contributed by atoms with Crippen molar-refractivity contribution in [2.45, 2.75) is 25.7 Å². The molecular weight excluding hydrogens is 280 g/mol. The zero-order valence-electron chi connectivity index (χ0n) is 11.4. The summed E-state index contributed by atoms with van der Waals surface area (Å²) in [4.78, 5) is 23.0. The summed E-state index contributed by atoms with van der Waals surface area (Å²) in [6.07, 6.45) is 3.18. The number of hydrogen-bond donors (Lipinski definition) is 2. The maximum absolute atomic E-state index is 13.1. The monoisotopic (exact) mass is 297 g/mol. The fourth-order valence-corrected chi connectivity index (χ4v) is 2.74. The Bertz CT molecular complexity index is 548. The van der Waals surface area contributed by atoms with Crippen molar-refractivity contribution in [3.8, 4) is 0 Å². The predicted molar refractivity (Wildman–Crippen MR) is 71.8 cm³/mol. The van der Waals surface area contributed by atoms with Gasteiger partial charge in [-0.15, -0.1) is 0 Å². The molecule has 0 spiro atoms. The fraction of sp³-hybridized carbons (Fsp3) is 0.467. The average molecular weight is 297 g/mol. The van der Waals surface area contributed by atoms with Crippen molar-refractivity contribution in [1.29, 1.82) is 0 Å². The number of aliphatic carboxylic acids is 1. The summed E-state index contributed by atoms with van der Waals surface area (Å²) in [6, 6.07) is 2.93. The third-order valence-corrected chi connectivity index (χ3v) is 3.93. The summed E-state index contributed by atoms with van der Waals surface area (Å²) < 4.78 is 25.9. The van der Waals surface area contributed by atoms with Crippen LogP contribution in [-0.2, 0) is 4.79 Å². The molecule has 0 bridgehead atoms. The van der Waals surface area contributed by atoms with Crippen LogP contribution in [0, 0.1) is 23.5 Å². The van der Waals surface area contributed by atoms with Crippen LogP contribution in [0.4, 0.5) is 8.78 Å². The predicted octanol–water partition coefficient (Wildman–Crippen LogP) is 2.59. The lowest BCUT2D eigenvalue weighted by Crippen LogP contribution is -2.37. The second kappa shape index (κ2) is 6.65. The summed E-state index contributed by atoms with van der Waals surface area (Å²) in [5.41, 5.74) is 0.0246. The van der Waals surface area contributed by atoms with Gasteiger partial charge in [0.15, 0.2) is 11.6 Å². The number of carboxylic acids is 1. The Morgan fingerprint density at radius 1 is 1.19 bits per heavy atom. The molecule has 0 saturated heterocycles. The summed E-state index contributed by atoms with van der Waals surface area (Å²) in [7, 11) is 0. The highest BCUT2D eigenvalue weighted by Gasteiger charge is 2.30. The van der Waals surface area contributed by atoms with Crippen LogP contribution in [0.15, 0.2) is 18.2 Å². The topological polar surface area (TPSA) is 66.4 Å². The van der Waals surface area contributed by atoms with E-state index in [-0.39, 0.29) is 18.0 Å². The molecule has 4 nitrogen and oxygen atoms in total. The van der Waals surface area contributed by atoms with Gasteiger partial charge in [0, 0.05) is 12.1 Å². The van der Waals surface area contributed by atoms with Gasteiger partial charge in [-0.05, 0) is 37.0 Å². The van der Waals surface area contributed by atoms with Gasteiger partial charge in [-0.1, -0.05) is 12.8 Å². The number of rotatable bonds is 4. The Balaban J connectivity index is 1.96. The molecule has 0 aliphatic heterocycles. The van der Waals surface area contributed by atoms with Crippen LogP contribution in [0.1, 0.15) is 36.0 Å². The lowest BCUT2D eigenvalue weighted by Gasteiger charge is -2.28. The van der Waals surface area contributed by atoms with Gasteiger partial charge in [0.25, 0.3) is 5.91 Å². The number of carboxylic acid groups (broad SMARTS) is 1. The molecule has 2 rings (SSSR count). The Hall–Kier alpha value is -1.98. The van der Waals surface area contributed by atoms with Gasteiger partial charge >= 0.3 is 5.97 Å². The summed E-state index contributed by atoms with van der Waals surface area (Å²) in [5.74, 6) is -4.03. The van der Waals surface area contributed by atoms with Crippen molar-refractivity contribution in [2.24, 2.45) is 11.8 Å². The highest BCUT2D eigenvalue weighted by Crippen LogP contribution is 2.29. The molecule has 1 aliphatic rings. The normalized spacial score (nSPS) is 21.8. The van der Waals surface area contributed by atoms with Crippen molar-refractivity contribution >= 4 is 11.9 Å². The molecule has 2 atom stereocenters. The summed E-state index contributed by atoms with van der Waals surface area (Å²) in [6.45, 7) is 0.231. The first-order chi connectivity index (χ1) is 9.99. The standard InChI is InChI=1S/C15H17F2NO3/c16-12-6-5-9(7-13(12)17)14(19)18-8-10-3-1-2-4-11(10)15(20)21/h5-7,10-11H,1-4,8H2,(H,18,19)(H,20,21)/t10-,11-/m0/s1. The van der Waals surface area contributed by atoms with E-state index in [9.17, 15) is 18.4 Å². The largest absolute Gasteiger partial charge is 0.481 e. The molecule has 0 unspecified atom stereocenters. The number of halogens is 2. The smallest absolute Gasteiger partial charge is 0.306 e. The number of carbonyl (C=O) groups is 2. The average Bonchev–Trinajstić information content (AvgIpc) is 2.47. The van der Waals surface area contributed by atoms with E-state index in [1.807, 2.05) is 0 Å². The van der Waals surface area contributed by atoms with Gasteiger partial charge in [-0.25, -0.2) is 8.78 Å². The van der Waals surface area contributed by atoms with Crippen molar-refractivity contribution < 1.29 is 23.5 Å². The zero-order chi connectivity index (χ0) is 15.4. The maximum Gasteiger partial charge on any atom is 0.306 e. The van der Waals surface area contributed by atoms with E-state index < -0.39 is 29.4 Å². The molecule has 1 aromatic rings. The van der Waals surface area contributed by atoms with Gasteiger partial charge in [-0.2, -0.15) is 0 Å².